The number of nitrogens with one attached hydrogen (secondary N) is 1. The maximum Gasteiger partial charge on any atom is 0.263 e. The first-order valence-electron chi connectivity index (χ1n) is 9.36. The van der Waals surface area contributed by atoms with E-state index in [1.54, 1.807) is 16.7 Å². The molecule has 0 aliphatic heterocycles. The molecule has 3 aromatic rings. The first kappa shape index (κ1) is 21.1. The number of benzene rings is 1. The number of thiophene rings is 1. The van der Waals surface area contributed by atoms with Gasteiger partial charge in [-0.3, -0.25) is 14.2 Å². The highest BCUT2D eigenvalue weighted by atomic mass is 32.2. The number of anilines is 1. The van der Waals surface area contributed by atoms with Crippen LogP contribution in [0.1, 0.15) is 18.7 Å². The molecule has 29 heavy (non-hydrogen) atoms. The van der Waals surface area contributed by atoms with Crippen molar-refractivity contribution in [1.82, 2.24) is 9.55 Å². The Kier molecular flexibility index (Phi) is 7.11. The van der Waals surface area contributed by atoms with Crippen LogP contribution in [0, 0.1) is 0 Å². The van der Waals surface area contributed by atoms with E-state index in [1.165, 1.54) is 23.1 Å². The molecule has 0 bridgehead atoms. The van der Waals surface area contributed by atoms with E-state index in [0.717, 1.165) is 11.3 Å². The first-order valence-corrected chi connectivity index (χ1v) is 11.2. The molecule has 152 valence electrons. The molecule has 8 heteroatoms. The monoisotopic (exact) mass is 429 g/mol. The molecule has 1 N–H and O–H groups in total. The summed E-state index contributed by atoms with van der Waals surface area (Å²) >= 11 is 2.75. The Bertz CT molecular complexity index is 1090. The zero-order chi connectivity index (χ0) is 20.8. The number of nitrogens with zero attached hydrogens (tertiary/aromatic N) is 2. The lowest BCUT2D eigenvalue weighted by Crippen LogP contribution is -2.23. The third-order valence-electron chi connectivity index (χ3n) is 4.12. The lowest BCUT2D eigenvalue weighted by Gasteiger charge is -2.12. The maximum atomic E-state index is 12.9. The SMILES string of the molecule is C=CCn1c(SCC(=O)Nc2ccccc2OCC)nc2sc(CC)cc2c1=O. The van der Waals surface area contributed by atoms with Crippen LogP contribution >= 0.6 is 23.1 Å². The summed E-state index contributed by atoms with van der Waals surface area (Å²) in [7, 11) is 0. The standard InChI is InChI=1S/C21H23N3O3S2/c1-4-11-24-20(26)15-12-14(5-2)29-19(15)23-21(24)28-13-18(25)22-16-9-7-8-10-17(16)27-6-3/h4,7-10,12H,1,5-6,11,13H2,2-3H3,(H,22,25). The molecule has 1 aromatic carbocycles. The maximum absolute atomic E-state index is 12.9. The number of carbonyl (C=O) groups excluding carboxylic acids is 1. The van der Waals surface area contributed by atoms with E-state index in [1.807, 2.05) is 38.1 Å². The average molecular weight is 430 g/mol. The molecule has 0 saturated heterocycles. The number of thioether (sulfide) groups is 1. The van der Waals surface area contributed by atoms with Gasteiger partial charge in [-0.25, -0.2) is 4.98 Å². The van der Waals surface area contributed by atoms with E-state index >= 15 is 0 Å². The van der Waals surface area contributed by atoms with Crippen LogP contribution < -0.4 is 15.6 Å². The zero-order valence-electron chi connectivity index (χ0n) is 16.4. The Morgan fingerprint density at radius 2 is 2.17 bits per heavy atom. The van der Waals surface area contributed by atoms with E-state index in [9.17, 15) is 9.59 Å². The van der Waals surface area contributed by atoms with Crippen LogP contribution in [-0.2, 0) is 17.8 Å². The summed E-state index contributed by atoms with van der Waals surface area (Å²) in [5.74, 6) is 0.561. The molecule has 0 fully saturated rings. The summed E-state index contributed by atoms with van der Waals surface area (Å²) < 4.78 is 7.10. The van der Waals surface area contributed by atoms with Crippen molar-refractivity contribution in [3.63, 3.8) is 0 Å². The van der Waals surface area contributed by atoms with Crippen molar-refractivity contribution in [2.45, 2.75) is 32.0 Å². The number of aromatic nitrogens is 2. The van der Waals surface area contributed by atoms with Gasteiger partial charge in [0, 0.05) is 11.4 Å². The van der Waals surface area contributed by atoms with Crippen LogP contribution in [0.2, 0.25) is 0 Å². The molecule has 0 radical (unpaired) electrons. The minimum absolute atomic E-state index is 0.101. The van der Waals surface area contributed by atoms with Crippen LogP contribution in [0.15, 0.2) is 52.9 Å². The van der Waals surface area contributed by atoms with Crippen LogP contribution in [0.25, 0.3) is 10.2 Å². The summed E-state index contributed by atoms with van der Waals surface area (Å²) in [6.07, 6.45) is 2.51. The van der Waals surface area contributed by atoms with Crippen LogP contribution in [-0.4, -0.2) is 27.8 Å². The highest BCUT2D eigenvalue weighted by Gasteiger charge is 2.15. The van der Waals surface area contributed by atoms with Crippen molar-refractivity contribution in [2.24, 2.45) is 0 Å². The molecule has 1 amide bonds. The van der Waals surface area contributed by atoms with Gasteiger partial charge in [0.2, 0.25) is 5.91 Å². The van der Waals surface area contributed by atoms with Gasteiger partial charge in [0.05, 0.1) is 23.4 Å². The van der Waals surface area contributed by atoms with E-state index in [0.29, 0.717) is 40.0 Å². The normalized spacial score (nSPS) is 10.8. The molecule has 0 unspecified atom stereocenters. The Labute approximate surface area is 177 Å². The van der Waals surface area contributed by atoms with Gasteiger partial charge in [0.25, 0.3) is 5.56 Å². The van der Waals surface area contributed by atoms with E-state index in [4.69, 9.17) is 4.74 Å². The fourth-order valence-corrected chi connectivity index (χ4v) is 4.61. The van der Waals surface area contributed by atoms with Gasteiger partial charge < -0.3 is 10.1 Å². The molecular weight excluding hydrogens is 406 g/mol. The second kappa shape index (κ2) is 9.76. The smallest absolute Gasteiger partial charge is 0.263 e. The first-order chi connectivity index (χ1) is 14.1. The molecular formula is C21H23N3O3S2. The molecule has 0 aliphatic carbocycles. The van der Waals surface area contributed by atoms with Crippen molar-refractivity contribution in [1.29, 1.82) is 0 Å². The topological polar surface area (TPSA) is 73.2 Å². The van der Waals surface area contributed by atoms with Gasteiger partial charge in [-0.05, 0) is 31.5 Å². The highest BCUT2D eigenvalue weighted by Crippen LogP contribution is 2.26. The number of carbonyl (C=O) groups is 1. The van der Waals surface area contributed by atoms with Gasteiger partial charge in [-0.2, -0.15) is 0 Å². The van der Waals surface area contributed by atoms with E-state index in [-0.39, 0.29) is 17.2 Å². The third-order valence-corrected chi connectivity index (χ3v) is 6.27. The van der Waals surface area contributed by atoms with Gasteiger partial charge in [0.15, 0.2) is 5.16 Å². The summed E-state index contributed by atoms with van der Waals surface area (Å²) in [6.45, 7) is 8.53. The number of hydrogen-bond donors (Lipinski definition) is 1. The van der Waals surface area contributed by atoms with Crippen molar-refractivity contribution >= 4 is 44.9 Å². The number of fused-ring (bicyclic) bond motifs is 1. The van der Waals surface area contributed by atoms with Crippen molar-refractivity contribution in [3.8, 4) is 5.75 Å². The van der Waals surface area contributed by atoms with Crippen LogP contribution in [0.5, 0.6) is 5.75 Å². The minimum Gasteiger partial charge on any atom is -0.492 e. The lowest BCUT2D eigenvalue weighted by atomic mass is 10.3. The van der Waals surface area contributed by atoms with Crippen molar-refractivity contribution in [3.05, 3.63) is 58.2 Å². The second-order valence-electron chi connectivity index (χ2n) is 6.15. The van der Waals surface area contributed by atoms with E-state index in [2.05, 4.69) is 16.9 Å². The quantitative estimate of drug-likeness (QED) is 0.311. The van der Waals surface area contributed by atoms with Gasteiger partial charge in [-0.15, -0.1) is 17.9 Å². The fraction of sp³-hybridized carbons (Fsp3) is 0.286. The van der Waals surface area contributed by atoms with Gasteiger partial charge in [-0.1, -0.05) is 36.9 Å². The molecule has 2 aromatic heterocycles. The predicted molar refractivity (Wildman–Crippen MR) is 120 cm³/mol. The van der Waals surface area contributed by atoms with Crippen molar-refractivity contribution in [2.75, 3.05) is 17.7 Å². The summed E-state index contributed by atoms with van der Waals surface area (Å²) in [4.78, 5) is 31.8. The Morgan fingerprint density at radius 1 is 1.38 bits per heavy atom. The number of ether oxygens (including phenoxy) is 1. The third kappa shape index (κ3) is 4.89. The Morgan fingerprint density at radius 3 is 2.90 bits per heavy atom. The van der Waals surface area contributed by atoms with Gasteiger partial charge >= 0.3 is 0 Å². The van der Waals surface area contributed by atoms with Crippen molar-refractivity contribution < 1.29 is 9.53 Å². The lowest BCUT2D eigenvalue weighted by molar-refractivity contribution is -0.113. The number of aryl methyl sites for hydroxylation is 1. The molecule has 3 rings (SSSR count). The van der Waals surface area contributed by atoms with Crippen LogP contribution in [0.4, 0.5) is 5.69 Å². The largest absolute Gasteiger partial charge is 0.492 e. The summed E-state index contributed by atoms with van der Waals surface area (Å²) in [6, 6.07) is 9.20. The Balaban J connectivity index is 1.80. The minimum atomic E-state index is -0.193. The number of hydrogen-bond acceptors (Lipinski definition) is 6. The molecule has 0 aliphatic rings. The number of rotatable bonds is 9. The number of para-hydroxylation sites is 2. The molecule has 0 atom stereocenters. The highest BCUT2D eigenvalue weighted by molar-refractivity contribution is 7.99. The van der Waals surface area contributed by atoms with Crippen LogP contribution in [0.3, 0.4) is 0 Å². The van der Waals surface area contributed by atoms with Gasteiger partial charge in [0.1, 0.15) is 10.6 Å². The van der Waals surface area contributed by atoms with E-state index < -0.39 is 0 Å². The fourth-order valence-electron chi connectivity index (χ4n) is 2.79. The number of allylic oxidation sites excluding steroid dienone is 1. The summed E-state index contributed by atoms with van der Waals surface area (Å²) in [5.41, 5.74) is 0.521. The molecule has 2 heterocycles. The number of amides is 1. The molecule has 0 saturated carbocycles. The summed E-state index contributed by atoms with van der Waals surface area (Å²) in [5, 5.41) is 4.00. The molecule has 6 nitrogen and oxygen atoms in total. The average Bonchev–Trinajstić information content (AvgIpc) is 3.14. The zero-order valence-corrected chi connectivity index (χ0v) is 18.1. The Hall–Kier alpha value is -2.58. The predicted octanol–water partition coefficient (Wildman–Crippen LogP) is 4.34. The molecule has 0 spiro atoms. The second-order valence-corrected chi connectivity index (χ2v) is 8.21.